The zero-order chi connectivity index (χ0) is 19.8. The fourth-order valence-corrected chi connectivity index (χ4v) is 3.98. The number of nitrogens with zero attached hydrogens (tertiary/aromatic N) is 4. The average molecular weight is 389 g/mol. The van der Waals surface area contributed by atoms with Gasteiger partial charge < -0.3 is 10.2 Å². The number of rotatable bonds is 4. The van der Waals surface area contributed by atoms with E-state index in [1.165, 1.54) is 0 Å². The Balaban J connectivity index is 1.28. The molecule has 3 aromatic rings. The minimum absolute atomic E-state index is 0.0172. The van der Waals surface area contributed by atoms with Gasteiger partial charge in [-0.05, 0) is 62.1 Å². The number of benzene rings is 1. The molecule has 1 saturated heterocycles. The Hall–Kier alpha value is -3.22. The summed E-state index contributed by atoms with van der Waals surface area (Å²) in [5.41, 5.74) is 2.21. The van der Waals surface area contributed by atoms with Crippen LogP contribution in [0.5, 0.6) is 0 Å². The van der Waals surface area contributed by atoms with Crippen LogP contribution in [0.2, 0.25) is 0 Å². The molecule has 0 spiro atoms. The first-order valence-corrected chi connectivity index (χ1v) is 10.2. The molecule has 1 aliphatic heterocycles. The lowest BCUT2D eigenvalue weighted by atomic mass is 9.96. The first-order valence-electron chi connectivity index (χ1n) is 10.2. The molecule has 1 unspecified atom stereocenters. The Bertz CT molecular complexity index is 1050. The summed E-state index contributed by atoms with van der Waals surface area (Å²) in [5.74, 6) is 1.33. The Kier molecular flexibility index (Phi) is 4.50. The normalized spacial score (nSPS) is 19.3. The third-order valence-electron chi connectivity index (χ3n) is 5.76. The molecule has 7 nitrogen and oxygen atoms in total. The minimum atomic E-state index is 0.0172. The number of hydrogen-bond donors (Lipinski definition) is 1. The summed E-state index contributed by atoms with van der Waals surface area (Å²) >= 11 is 0. The summed E-state index contributed by atoms with van der Waals surface area (Å²) in [7, 11) is 0. The quantitative estimate of drug-likeness (QED) is 0.744. The SMILES string of the molecule is O=C(Nc1ccc(C(=O)N2CCCC(c3nnc4ccccn34)C2)cc1)C1CC1. The second kappa shape index (κ2) is 7.31. The van der Waals surface area contributed by atoms with E-state index in [1.54, 1.807) is 24.3 Å². The lowest BCUT2D eigenvalue weighted by Gasteiger charge is -2.32. The smallest absolute Gasteiger partial charge is 0.253 e. The molecule has 1 N–H and O–H groups in total. The van der Waals surface area contributed by atoms with Crippen molar-refractivity contribution in [2.75, 3.05) is 18.4 Å². The van der Waals surface area contributed by atoms with Gasteiger partial charge in [0.15, 0.2) is 5.65 Å². The van der Waals surface area contributed by atoms with Gasteiger partial charge >= 0.3 is 0 Å². The van der Waals surface area contributed by atoms with Crippen molar-refractivity contribution in [3.05, 3.63) is 60.0 Å². The van der Waals surface area contributed by atoms with Crippen molar-refractivity contribution in [3.8, 4) is 0 Å². The van der Waals surface area contributed by atoms with Gasteiger partial charge in [0.05, 0.1) is 0 Å². The van der Waals surface area contributed by atoms with E-state index < -0.39 is 0 Å². The molecule has 2 aromatic heterocycles. The second-order valence-corrected chi connectivity index (χ2v) is 7.92. The zero-order valence-corrected chi connectivity index (χ0v) is 16.1. The van der Waals surface area contributed by atoms with Crippen molar-refractivity contribution in [2.24, 2.45) is 5.92 Å². The Labute approximate surface area is 168 Å². The fourth-order valence-electron chi connectivity index (χ4n) is 3.98. The Morgan fingerprint density at radius 3 is 2.62 bits per heavy atom. The van der Waals surface area contributed by atoms with Crippen molar-refractivity contribution in [1.82, 2.24) is 19.5 Å². The average Bonchev–Trinajstić information content (AvgIpc) is 3.53. The Morgan fingerprint density at radius 1 is 1.00 bits per heavy atom. The number of fused-ring (bicyclic) bond motifs is 1. The van der Waals surface area contributed by atoms with Crippen LogP contribution in [0.25, 0.3) is 5.65 Å². The van der Waals surface area contributed by atoms with Crippen molar-refractivity contribution in [1.29, 1.82) is 0 Å². The van der Waals surface area contributed by atoms with E-state index in [0.29, 0.717) is 12.1 Å². The van der Waals surface area contributed by atoms with Gasteiger partial charge in [-0.25, -0.2) is 0 Å². The summed E-state index contributed by atoms with van der Waals surface area (Å²) in [6.07, 6.45) is 5.85. The highest BCUT2D eigenvalue weighted by molar-refractivity contribution is 5.96. The van der Waals surface area contributed by atoms with Crippen LogP contribution in [-0.2, 0) is 4.79 Å². The lowest BCUT2D eigenvalue weighted by molar-refractivity contribution is -0.117. The number of likely N-dealkylation sites (tertiary alicyclic amines) is 1. The molecule has 1 aliphatic carbocycles. The van der Waals surface area contributed by atoms with Crippen LogP contribution < -0.4 is 5.32 Å². The second-order valence-electron chi connectivity index (χ2n) is 7.92. The molecule has 2 aliphatic rings. The number of piperidine rings is 1. The summed E-state index contributed by atoms with van der Waals surface area (Å²) in [6, 6.07) is 13.0. The predicted molar refractivity (Wildman–Crippen MR) is 109 cm³/mol. The summed E-state index contributed by atoms with van der Waals surface area (Å²) < 4.78 is 2.01. The molecule has 2 amide bonds. The maximum Gasteiger partial charge on any atom is 0.253 e. The standard InChI is InChI=1S/C22H23N5O2/c28-21(15-6-7-15)23-18-10-8-16(9-11-18)22(29)26-12-3-4-17(14-26)20-25-24-19-5-1-2-13-27(19)20/h1-2,5,8-11,13,15,17H,3-4,6-7,12,14H2,(H,23,28). The predicted octanol–water partition coefficient (Wildman–Crippen LogP) is 3.10. The van der Waals surface area contributed by atoms with E-state index >= 15 is 0 Å². The summed E-state index contributed by atoms with van der Waals surface area (Å²) in [4.78, 5) is 26.8. The fraction of sp³-hybridized carbons (Fsp3) is 0.364. The molecular weight excluding hydrogens is 366 g/mol. The van der Waals surface area contributed by atoms with Crippen LogP contribution in [0, 0.1) is 5.92 Å². The van der Waals surface area contributed by atoms with Crippen LogP contribution in [0.15, 0.2) is 48.7 Å². The number of anilines is 1. The van der Waals surface area contributed by atoms with Gasteiger partial charge in [-0.3, -0.25) is 14.0 Å². The van der Waals surface area contributed by atoms with Crippen molar-refractivity contribution in [2.45, 2.75) is 31.6 Å². The van der Waals surface area contributed by atoms with E-state index in [0.717, 1.165) is 49.4 Å². The molecule has 0 radical (unpaired) electrons. The highest BCUT2D eigenvalue weighted by Gasteiger charge is 2.30. The largest absolute Gasteiger partial charge is 0.338 e. The number of aromatic nitrogens is 3. The van der Waals surface area contributed by atoms with E-state index in [2.05, 4.69) is 15.5 Å². The van der Waals surface area contributed by atoms with Crippen LogP contribution in [0.1, 0.15) is 47.8 Å². The van der Waals surface area contributed by atoms with Gasteiger partial charge in [-0.2, -0.15) is 0 Å². The molecule has 1 saturated carbocycles. The van der Waals surface area contributed by atoms with Crippen LogP contribution in [0.4, 0.5) is 5.69 Å². The maximum absolute atomic E-state index is 13.0. The van der Waals surface area contributed by atoms with E-state index in [1.807, 2.05) is 33.7 Å². The summed E-state index contributed by atoms with van der Waals surface area (Å²) in [5, 5.41) is 11.5. The van der Waals surface area contributed by atoms with Gasteiger partial charge in [-0.15, -0.1) is 10.2 Å². The third-order valence-corrected chi connectivity index (χ3v) is 5.76. The molecule has 29 heavy (non-hydrogen) atoms. The number of carbonyl (C=O) groups excluding carboxylic acids is 2. The number of carbonyl (C=O) groups is 2. The van der Waals surface area contributed by atoms with Gasteiger partial charge in [0.2, 0.25) is 5.91 Å². The van der Waals surface area contributed by atoms with E-state index in [9.17, 15) is 9.59 Å². The van der Waals surface area contributed by atoms with Crippen molar-refractivity contribution < 1.29 is 9.59 Å². The number of nitrogens with one attached hydrogen (secondary N) is 1. The minimum Gasteiger partial charge on any atom is -0.338 e. The van der Waals surface area contributed by atoms with Crippen LogP contribution >= 0.6 is 0 Å². The molecule has 5 rings (SSSR count). The highest BCUT2D eigenvalue weighted by atomic mass is 16.2. The van der Waals surface area contributed by atoms with Gasteiger partial charge in [0, 0.05) is 42.4 Å². The molecule has 2 fully saturated rings. The number of pyridine rings is 1. The number of amides is 2. The van der Waals surface area contributed by atoms with E-state index in [4.69, 9.17) is 0 Å². The van der Waals surface area contributed by atoms with E-state index in [-0.39, 0.29) is 23.7 Å². The first-order chi connectivity index (χ1) is 14.2. The molecule has 148 valence electrons. The van der Waals surface area contributed by atoms with Gasteiger partial charge in [0.1, 0.15) is 5.82 Å². The maximum atomic E-state index is 13.0. The Morgan fingerprint density at radius 2 is 1.83 bits per heavy atom. The lowest BCUT2D eigenvalue weighted by Crippen LogP contribution is -2.39. The molecular formula is C22H23N5O2. The monoisotopic (exact) mass is 389 g/mol. The molecule has 3 heterocycles. The molecule has 1 aromatic carbocycles. The molecule has 7 heteroatoms. The van der Waals surface area contributed by atoms with Gasteiger partial charge in [0.25, 0.3) is 5.91 Å². The van der Waals surface area contributed by atoms with Crippen LogP contribution in [-0.4, -0.2) is 44.4 Å². The third kappa shape index (κ3) is 3.60. The van der Waals surface area contributed by atoms with Crippen LogP contribution in [0.3, 0.4) is 0 Å². The first kappa shape index (κ1) is 17.8. The van der Waals surface area contributed by atoms with Gasteiger partial charge in [-0.1, -0.05) is 6.07 Å². The highest BCUT2D eigenvalue weighted by Crippen LogP contribution is 2.30. The zero-order valence-electron chi connectivity index (χ0n) is 16.1. The molecule has 0 bridgehead atoms. The summed E-state index contributed by atoms with van der Waals surface area (Å²) in [6.45, 7) is 1.38. The number of hydrogen-bond acceptors (Lipinski definition) is 4. The van der Waals surface area contributed by atoms with Crippen molar-refractivity contribution >= 4 is 23.1 Å². The topological polar surface area (TPSA) is 79.6 Å². The van der Waals surface area contributed by atoms with Crippen molar-refractivity contribution in [3.63, 3.8) is 0 Å². The molecule has 1 atom stereocenters.